The lowest BCUT2D eigenvalue weighted by Crippen LogP contribution is -2.38. The number of aryl methyl sites for hydroxylation is 1. The summed E-state index contributed by atoms with van der Waals surface area (Å²) in [5, 5.41) is 16.1. The molecule has 0 aliphatic rings. The summed E-state index contributed by atoms with van der Waals surface area (Å²) in [4.78, 5) is 26.1. The Hall–Kier alpha value is -1.63. The first-order valence-electron chi connectivity index (χ1n) is 5.22. The third-order valence-electron chi connectivity index (χ3n) is 2.09. The lowest BCUT2D eigenvalue weighted by Gasteiger charge is -2.14. The summed E-state index contributed by atoms with van der Waals surface area (Å²) in [5.41, 5.74) is 0.836. The largest absolute Gasteiger partial charge is 0.481 e. The maximum absolute atomic E-state index is 11.5. The molecule has 2 amide bonds. The van der Waals surface area contributed by atoms with E-state index < -0.39 is 12.0 Å². The summed E-state index contributed by atoms with van der Waals surface area (Å²) < 4.78 is 0. The lowest BCUT2D eigenvalue weighted by atomic mass is 10.1. The number of carbonyl (C=O) groups excluding carboxylic acids is 1. The number of aromatic nitrogens is 1. The first kappa shape index (κ1) is 13.4. The summed E-state index contributed by atoms with van der Waals surface area (Å²) in [6.45, 7) is 3.65. The minimum atomic E-state index is -0.928. The monoisotopic (exact) mass is 257 g/mol. The Morgan fingerprint density at radius 2 is 2.29 bits per heavy atom. The number of hydrogen-bond acceptors (Lipinski definition) is 4. The highest BCUT2D eigenvalue weighted by Crippen LogP contribution is 2.14. The quantitative estimate of drug-likeness (QED) is 0.750. The molecule has 1 atom stereocenters. The third-order valence-corrected chi connectivity index (χ3v) is 2.96. The molecule has 0 spiro atoms. The van der Waals surface area contributed by atoms with Crippen molar-refractivity contribution in [1.82, 2.24) is 10.3 Å². The number of thiazole rings is 1. The summed E-state index contributed by atoms with van der Waals surface area (Å²) >= 11 is 1.33. The van der Waals surface area contributed by atoms with Gasteiger partial charge in [-0.2, -0.15) is 0 Å². The average molecular weight is 257 g/mol. The second kappa shape index (κ2) is 6.19. The Morgan fingerprint density at radius 3 is 2.76 bits per heavy atom. The second-order valence-corrected chi connectivity index (χ2v) is 4.45. The van der Waals surface area contributed by atoms with Gasteiger partial charge in [0.05, 0.1) is 12.1 Å². The Bertz CT molecular complexity index is 405. The van der Waals surface area contributed by atoms with E-state index >= 15 is 0 Å². The second-order valence-electron chi connectivity index (χ2n) is 3.60. The zero-order valence-electron chi connectivity index (χ0n) is 9.69. The number of amides is 2. The number of hydrogen-bond donors (Lipinski definition) is 3. The predicted molar refractivity (Wildman–Crippen MR) is 65.3 cm³/mol. The predicted octanol–water partition coefficient (Wildman–Crippen LogP) is 1.83. The molecule has 0 bridgehead atoms. The number of aliphatic carboxylic acids is 1. The van der Waals surface area contributed by atoms with Crippen LogP contribution in [0.25, 0.3) is 0 Å². The van der Waals surface area contributed by atoms with Crippen LogP contribution in [0.3, 0.4) is 0 Å². The van der Waals surface area contributed by atoms with Crippen LogP contribution in [0, 0.1) is 6.92 Å². The number of urea groups is 1. The SMILES string of the molecule is CCC(CC(=O)O)NC(=O)Nc1nc(C)cs1. The number of nitrogens with zero attached hydrogens (tertiary/aromatic N) is 1. The fourth-order valence-electron chi connectivity index (χ4n) is 1.24. The van der Waals surface area contributed by atoms with Gasteiger partial charge in [-0.25, -0.2) is 9.78 Å². The molecule has 0 aliphatic heterocycles. The molecule has 0 aliphatic carbocycles. The van der Waals surface area contributed by atoms with Gasteiger partial charge in [-0.15, -0.1) is 11.3 Å². The van der Waals surface area contributed by atoms with Crippen LogP contribution in [0.1, 0.15) is 25.5 Å². The van der Waals surface area contributed by atoms with Gasteiger partial charge in [-0.05, 0) is 13.3 Å². The smallest absolute Gasteiger partial charge is 0.321 e. The molecule has 94 valence electrons. The number of carboxylic acids is 1. The van der Waals surface area contributed by atoms with Crippen molar-refractivity contribution in [2.24, 2.45) is 0 Å². The molecule has 3 N–H and O–H groups in total. The summed E-state index contributed by atoms with van der Waals surface area (Å²) in [6.07, 6.45) is 0.484. The fraction of sp³-hybridized carbons (Fsp3) is 0.500. The van der Waals surface area contributed by atoms with Crippen LogP contribution in [0.5, 0.6) is 0 Å². The van der Waals surface area contributed by atoms with Gasteiger partial charge in [0, 0.05) is 11.4 Å². The zero-order chi connectivity index (χ0) is 12.8. The van der Waals surface area contributed by atoms with E-state index in [-0.39, 0.29) is 12.5 Å². The van der Waals surface area contributed by atoms with E-state index in [1.165, 1.54) is 11.3 Å². The van der Waals surface area contributed by atoms with Gasteiger partial charge in [-0.3, -0.25) is 10.1 Å². The van der Waals surface area contributed by atoms with Gasteiger partial charge < -0.3 is 10.4 Å². The van der Waals surface area contributed by atoms with Crippen LogP contribution in [0.4, 0.5) is 9.93 Å². The standard InChI is InChI=1S/C10H15N3O3S/c1-3-7(4-8(14)15)12-9(16)13-10-11-6(2)5-17-10/h5,7H,3-4H2,1-2H3,(H,14,15)(H2,11,12,13,16). The topological polar surface area (TPSA) is 91.3 Å². The van der Waals surface area contributed by atoms with Crippen molar-refractivity contribution >= 4 is 28.5 Å². The highest BCUT2D eigenvalue weighted by atomic mass is 32.1. The van der Waals surface area contributed by atoms with E-state index in [0.717, 1.165) is 5.69 Å². The van der Waals surface area contributed by atoms with Crippen molar-refractivity contribution < 1.29 is 14.7 Å². The fourth-order valence-corrected chi connectivity index (χ4v) is 1.92. The maximum Gasteiger partial charge on any atom is 0.321 e. The van der Waals surface area contributed by atoms with Gasteiger partial charge in [0.1, 0.15) is 0 Å². The van der Waals surface area contributed by atoms with E-state index in [1.54, 1.807) is 0 Å². The molecule has 1 aromatic rings. The lowest BCUT2D eigenvalue weighted by molar-refractivity contribution is -0.137. The average Bonchev–Trinajstić information content (AvgIpc) is 2.62. The number of rotatable bonds is 5. The summed E-state index contributed by atoms with van der Waals surface area (Å²) in [7, 11) is 0. The highest BCUT2D eigenvalue weighted by Gasteiger charge is 2.14. The summed E-state index contributed by atoms with van der Waals surface area (Å²) in [5.74, 6) is -0.928. The van der Waals surface area contributed by atoms with Gasteiger partial charge >= 0.3 is 12.0 Å². The molecule has 7 heteroatoms. The zero-order valence-corrected chi connectivity index (χ0v) is 10.5. The minimum Gasteiger partial charge on any atom is -0.481 e. The van der Waals surface area contributed by atoms with E-state index in [0.29, 0.717) is 11.6 Å². The van der Waals surface area contributed by atoms with Crippen molar-refractivity contribution in [3.8, 4) is 0 Å². The molecule has 0 fully saturated rings. The van der Waals surface area contributed by atoms with Crippen LogP contribution in [0.2, 0.25) is 0 Å². The van der Waals surface area contributed by atoms with E-state index in [2.05, 4.69) is 15.6 Å². The van der Waals surface area contributed by atoms with Crippen molar-refractivity contribution in [2.45, 2.75) is 32.7 Å². The first-order chi connectivity index (χ1) is 8.01. The molecule has 1 unspecified atom stereocenters. The Kier molecular flexibility index (Phi) is 4.89. The molecule has 6 nitrogen and oxygen atoms in total. The Labute approximate surface area is 103 Å². The van der Waals surface area contributed by atoms with E-state index in [1.807, 2.05) is 19.2 Å². The Morgan fingerprint density at radius 1 is 1.59 bits per heavy atom. The minimum absolute atomic E-state index is 0.0825. The van der Waals surface area contributed by atoms with Gasteiger partial charge in [-0.1, -0.05) is 6.92 Å². The number of anilines is 1. The molecular weight excluding hydrogens is 242 g/mol. The van der Waals surface area contributed by atoms with E-state index in [4.69, 9.17) is 5.11 Å². The molecule has 0 saturated heterocycles. The molecule has 0 aromatic carbocycles. The van der Waals surface area contributed by atoms with Crippen LogP contribution < -0.4 is 10.6 Å². The van der Waals surface area contributed by atoms with Crippen molar-refractivity contribution in [2.75, 3.05) is 5.32 Å². The highest BCUT2D eigenvalue weighted by molar-refractivity contribution is 7.13. The number of carboxylic acid groups (broad SMARTS) is 1. The summed E-state index contributed by atoms with van der Waals surface area (Å²) in [6, 6.07) is -0.791. The molecule has 1 heterocycles. The number of nitrogens with one attached hydrogen (secondary N) is 2. The van der Waals surface area contributed by atoms with Crippen LogP contribution in [-0.4, -0.2) is 28.1 Å². The van der Waals surface area contributed by atoms with Crippen molar-refractivity contribution in [3.05, 3.63) is 11.1 Å². The normalized spacial score (nSPS) is 11.9. The van der Waals surface area contributed by atoms with Crippen LogP contribution >= 0.6 is 11.3 Å². The first-order valence-corrected chi connectivity index (χ1v) is 6.10. The Balaban J connectivity index is 2.45. The van der Waals surface area contributed by atoms with Crippen molar-refractivity contribution in [3.63, 3.8) is 0 Å². The van der Waals surface area contributed by atoms with Crippen molar-refractivity contribution in [1.29, 1.82) is 0 Å². The van der Waals surface area contributed by atoms with Crippen LogP contribution in [-0.2, 0) is 4.79 Å². The van der Waals surface area contributed by atoms with Gasteiger partial charge in [0.15, 0.2) is 5.13 Å². The number of carbonyl (C=O) groups is 2. The molecule has 0 saturated carbocycles. The van der Waals surface area contributed by atoms with Gasteiger partial charge in [0.2, 0.25) is 0 Å². The molecule has 1 aromatic heterocycles. The third kappa shape index (κ3) is 4.81. The van der Waals surface area contributed by atoms with Crippen LogP contribution in [0.15, 0.2) is 5.38 Å². The molecular formula is C10H15N3O3S. The molecule has 1 rings (SSSR count). The molecule has 17 heavy (non-hydrogen) atoms. The van der Waals surface area contributed by atoms with E-state index in [9.17, 15) is 9.59 Å². The maximum atomic E-state index is 11.5. The molecule has 0 radical (unpaired) electrons. The van der Waals surface area contributed by atoms with Gasteiger partial charge in [0.25, 0.3) is 0 Å².